The molecule has 11 nitrogen and oxygen atoms in total. The Hall–Kier alpha value is -3.86. The van der Waals surface area contributed by atoms with Crippen molar-refractivity contribution in [3.63, 3.8) is 0 Å². The fraction of sp³-hybridized carbons (Fsp3) is 0.391. The number of aryl methyl sites for hydroxylation is 1. The van der Waals surface area contributed by atoms with Crippen molar-refractivity contribution in [2.24, 2.45) is 0 Å². The summed E-state index contributed by atoms with van der Waals surface area (Å²) >= 11 is 0. The number of aromatic nitrogens is 5. The summed E-state index contributed by atoms with van der Waals surface area (Å²) in [5.74, 6) is 0.821. The Morgan fingerprint density at radius 1 is 1.26 bits per heavy atom. The molecule has 3 aromatic rings. The minimum absolute atomic E-state index is 0.0185. The van der Waals surface area contributed by atoms with Crippen LogP contribution in [0.2, 0.25) is 0 Å². The van der Waals surface area contributed by atoms with E-state index in [0.717, 1.165) is 11.3 Å². The monoisotopic (exact) mass is 465 g/mol. The maximum absolute atomic E-state index is 12.7. The van der Waals surface area contributed by atoms with Gasteiger partial charge in [0, 0.05) is 37.8 Å². The second kappa shape index (κ2) is 10.4. The standard InChI is InChI=1S/C23H27N7O4/c1-15-9-18(11-21(25-15)23(32)24-12-17-5-4-6-19(10-17)33-3)22-26-28-30(27-22)14-20-13-29(16(2)31)7-8-34-20/h4-6,9-11,20H,7-8,12-14H2,1-3H3,(H,24,32)/t20-/m0/s1. The molecule has 1 aliphatic rings. The summed E-state index contributed by atoms with van der Waals surface area (Å²) in [4.78, 5) is 31.9. The molecule has 4 rings (SSSR count). The molecule has 1 fully saturated rings. The number of rotatable bonds is 7. The molecular formula is C23H27N7O4. The molecule has 1 saturated heterocycles. The predicted octanol–water partition coefficient (Wildman–Crippen LogP) is 1.23. The Morgan fingerprint density at radius 2 is 2.12 bits per heavy atom. The SMILES string of the molecule is COc1cccc(CNC(=O)c2cc(-c3nnn(C[C@@H]4CN(C(C)=O)CCO4)n3)cc(C)n2)c1. The van der Waals surface area contributed by atoms with Gasteiger partial charge in [0.15, 0.2) is 0 Å². The molecule has 1 atom stereocenters. The van der Waals surface area contributed by atoms with Crippen LogP contribution in [0.15, 0.2) is 36.4 Å². The van der Waals surface area contributed by atoms with Crippen molar-refractivity contribution in [2.75, 3.05) is 26.8 Å². The third-order valence-corrected chi connectivity index (χ3v) is 5.44. The summed E-state index contributed by atoms with van der Waals surface area (Å²) in [5, 5.41) is 15.6. The summed E-state index contributed by atoms with van der Waals surface area (Å²) in [6, 6.07) is 10.9. The Kier molecular flexibility index (Phi) is 7.12. The van der Waals surface area contributed by atoms with Crippen molar-refractivity contribution in [2.45, 2.75) is 33.0 Å². The Morgan fingerprint density at radius 3 is 2.91 bits per heavy atom. The van der Waals surface area contributed by atoms with Crippen LogP contribution in [0.1, 0.15) is 28.7 Å². The molecule has 2 amide bonds. The topological polar surface area (TPSA) is 124 Å². The lowest BCUT2D eigenvalue weighted by Gasteiger charge is -2.31. The van der Waals surface area contributed by atoms with Gasteiger partial charge in [-0.25, -0.2) is 4.98 Å². The lowest BCUT2D eigenvalue weighted by atomic mass is 10.1. The molecule has 1 aromatic carbocycles. The van der Waals surface area contributed by atoms with Gasteiger partial charge in [-0.15, -0.1) is 10.2 Å². The molecule has 0 aliphatic carbocycles. The molecule has 0 unspecified atom stereocenters. The second-order valence-electron chi connectivity index (χ2n) is 8.04. The van der Waals surface area contributed by atoms with Crippen molar-refractivity contribution < 1.29 is 19.1 Å². The number of benzene rings is 1. The molecule has 178 valence electrons. The molecule has 0 spiro atoms. The van der Waals surface area contributed by atoms with Gasteiger partial charge >= 0.3 is 0 Å². The fourth-order valence-electron chi connectivity index (χ4n) is 3.70. The smallest absolute Gasteiger partial charge is 0.270 e. The molecule has 1 aliphatic heterocycles. The number of amides is 2. The van der Waals surface area contributed by atoms with Crippen molar-refractivity contribution in [1.82, 2.24) is 35.4 Å². The van der Waals surface area contributed by atoms with Crippen molar-refractivity contribution >= 4 is 11.8 Å². The lowest BCUT2D eigenvalue weighted by Crippen LogP contribution is -2.46. The molecule has 2 aromatic heterocycles. The largest absolute Gasteiger partial charge is 0.497 e. The molecule has 0 radical (unpaired) electrons. The summed E-state index contributed by atoms with van der Waals surface area (Å²) in [5.41, 5.74) is 2.48. The summed E-state index contributed by atoms with van der Waals surface area (Å²) in [6.07, 6.45) is -0.211. The van der Waals surface area contributed by atoms with E-state index in [0.29, 0.717) is 49.9 Å². The number of carbonyl (C=O) groups excluding carboxylic acids is 2. The summed E-state index contributed by atoms with van der Waals surface area (Å²) in [7, 11) is 1.60. The van der Waals surface area contributed by atoms with Crippen LogP contribution in [0.3, 0.4) is 0 Å². The number of hydrogen-bond donors (Lipinski definition) is 1. The number of hydrogen-bond acceptors (Lipinski definition) is 8. The number of morpholine rings is 1. The molecule has 11 heteroatoms. The van der Waals surface area contributed by atoms with E-state index in [1.54, 1.807) is 38.0 Å². The van der Waals surface area contributed by atoms with Crippen LogP contribution >= 0.6 is 0 Å². The maximum Gasteiger partial charge on any atom is 0.270 e. The van der Waals surface area contributed by atoms with E-state index >= 15 is 0 Å². The van der Waals surface area contributed by atoms with Crippen LogP contribution in [0.5, 0.6) is 5.75 Å². The van der Waals surface area contributed by atoms with E-state index in [4.69, 9.17) is 9.47 Å². The van der Waals surface area contributed by atoms with Gasteiger partial charge in [-0.05, 0) is 42.0 Å². The van der Waals surface area contributed by atoms with Gasteiger partial charge in [0.25, 0.3) is 5.91 Å². The third-order valence-electron chi connectivity index (χ3n) is 5.44. The summed E-state index contributed by atoms with van der Waals surface area (Å²) in [6.45, 7) is 5.61. The average molecular weight is 466 g/mol. The Bertz CT molecular complexity index is 1180. The van der Waals surface area contributed by atoms with Gasteiger partial charge in [-0.3, -0.25) is 9.59 Å². The van der Waals surface area contributed by atoms with Crippen LogP contribution in [0.4, 0.5) is 0 Å². The van der Waals surface area contributed by atoms with Gasteiger partial charge in [-0.2, -0.15) is 4.80 Å². The van der Waals surface area contributed by atoms with E-state index in [1.165, 1.54) is 4.80 Å². The van der Waals surface area contributed by atoms with E-state index in [-0.39, 0.29) is 23.6 Å². The van der Waals surface area contributed by atoms with Crippen molar-refractivity contribution in [3.05, 3.63) is 53.3 Å². The minimum Gasteiger partial charge on any atom is -0.497 e. The highest BCUT2D eigenvalue weighted by molar-refractivity contribution is 5.93. The quantitative estimate of drug-likeness (QED) is 0.553. The number of tetrazole rings is 1. The highest BCUT2D eigenvalue weighted by Crippen LogP contribution is 2.17. The van der Waals surface area contributed by atoms with Crippen molar-refractivity contribution in [1.29, 1.82) is 0 Å². The third kappa shape index (κ3) is 5.73. The molecule has 1 N–H and O–H groups in total. The molecule has 0 bridgehead atoms. The Labute approximate surface area is 197 Å². The van der Waals surface area contributed by atoms with Gasteiger partial charge in [0.2, 0.25) is 11.7 Å². The first-order valence-electron chi connectivity index (χ1n) is 11.0. The summed E-state index contributed by atoms with van der Waals surface area (Å²) < 4.78 is 11.0. The number of nitrogens with zero attached hydrogens (tertiary/aromatic N) is 6. The van der Waals surface area contributed by atoms with E-state index in [9.17, 15) is 9.59 Å². The molecular weight excluding hydrogens is 438 g/mol. The van der Waals surface area contributed by atoms with E-state index in [1.807, 2.05) is 24.3 Å². The first-order chi connectivity index (χ1) is 16.4. The zero-order valence-electron chi connectivity index (χ0n) is 19.4. The Balaban J connectivity index is 1.43. The predicted molar refractivity (Wildman–Crippen MR) is 122 cm³/mol. The number of methoxy groups -OCH3 is 1. The van der Waals surface area contributed by atoms with E-state index < -0.39 is 0 Å². The molecule has 0 saturated carbocycles. The second-order valence-corrected chi connectivity index (χ2v) is 8.04. The highest BCUT2D eigenvalue weighted by atomic mass is 16.5. The number of carbonyl (C=O) groups is 2. The van der Waals surface area contributed by atoms with Crippen molar-refractivity contribution in [3.8, 4) is 17.1 Å². The van der Waals surface area contributed by atoms with Gasteiger partial charge in [-0.1, -0.05) is 12.1 Å². The van der Waals surface area contributed by atoms with Crippen LogP contribution in [-0.4, -0.2) is 74.8 Å². The lowest BCUT2D eigenvalue weighted by molar-refractivity contribution is -0.137. The maximum atomic E-state index is 12.7. The normalized spacial score (nSPS) is 15.7. The van der Waals surface area contributed by atoms with Crippen LogP contribution in [0, 0.1) is 6.92 Å². The average Bonchev–Trinajstić information content (AvgIpc) is 3.31. The van der Waals surface area contributed by atoms with Crippen LogP contribution < -0.4 is 10.1 Å². The number of pyridine rings is 1. The number of nitrogens with one attached hydrogen (secondary N) is 1. The zero-order chi connectivity index (χ0) is 24.1. The zero-order valence-corrected chi connectivity index (χ0v) is 19.4. The van der Waals surface area contributed by atoms with Gasteiger partial charge in [0.1, 0.15) is 11.4 Å². The number of ether oxygens (including phenoxy) is 2. The van der Waals surface area contributed by atoms with Gasteiger partial charge in [0.05, 0.1) is 26.4 Å². The highest BCUT2D eigenvalue weighted by Gasteiger charge is 2.23. The first kappa shape index (κ1) is 23.3. The van der Waals surface area contributed by atoms with Crippen LogP contribution in [-0.2, 0) is 22.6 Å². The fourth-order valence-corrected chi connectivity index (χ4v) is 3.70. The van der Waals surface area contributed by atoms with E-state index in [2.05, 4.69) is 25.7 Å². The first-order valence-corrected chi connectivity index (χ1v) is 11.0. The molecule has 34 heavy (non-hydrogen) atoms. The van der Waals surface area contributed by atoms with Gasteiger partial charge < -0.3 is 19.7 Å². The van der Waals surface area contributed by atoms with Crippen LogP contribution in [0.25, 0.3) is 11.4 Å². The molecule has 3 heterocycles. The minimum atomic E-state index is -0.305.